The molecule has 118 valence electrons. The normalized spacial score (nSPS) is 11.9. The third-order valence-corrected chi connectivity index (χ3v) is 5.68. The SMILES string of the molecule is Cc1cc(S(=O)(=O)NCc2ccccn2)c(C(C)C)cc1Br. The van der Waals surface area contributed by atoms with Crippen molar-refractivity contribution in [2.24, 2.45) is 0 Å². The van der Waals surface area contributed by atoms with E-state index < -0.39 is 10.0 Å². The second kappa shape index (κ2) is 6.89. The Morgan fingerprint density at radius 3 is 2.59 bits per heavy atom. The molecule has 0 aliphatic heterocycles. The van der Waals surface area contributed by atoms with Crippen LogP contribution in [0.15, 0.2) is 45.9 Å². The van der Waals surface area contributed by atoms with Crippen LogP contribution in [0.25, 0.3) is 0 Å². The molecular formula is C16H19BrN2O2S. The third kappa shape index (κ3) is 3.94. The second-order valence-electron chi connectivity index (χ2n) is 5.44. The Balaban J connectivity index is 2.35. The van der Waals surface area contributed by atoms with Gasteiger partial charge in [0, 0.05) is 10.7 Å². The molecule has 0 unspecified atom stereocenters. The van der Waals surface area contributed by atoms with Gasteiger partial charge in [0.2, 0.25) is 10.0 Å². The largest absolute Gasteiger partial charge is 0.260 e. The topological polar surface area (TPSA) is 59.1 Å². The molecule has 0 amide bonds. The number of aryl methyl sites for hydroxylation is 1. The van der Waals surface area contributed by atoms with Gasteiger partial charge in [0.05, 0.1) is 17.1 Å². The van der Waals surface area contributed by atoms with E-state index in [9.17, 15) is 8.42 Å². The minimum atomic E-state index is -3.58. The number of pyridine rings is 1. The predicted molar refractivity (Wildman–Crippen MR) is 91.2 cm³/mol. The second-order valence-corrected chi connectivity index (χ2v) is 8.03. The Labute approximate surface area is 140 Å². The standard InChI is InChI=1S/C16H19BrN2O2S/c1-11(2)14-9-15(17)12(3)8-16(14)22(20,21)19-10-13-6-4-5-7-18-13/h4-9,11,19H,10H2,1-3H3. The third-order valence-electron chi connectivity index (χ3n) is 3.37. The first kappa shape index (κ1) is 17.1. The van der Waals surface area contributed by atoms with E-state index in [2.05, 4.69) is 25.6 Å². The number of aromatic nitrogens is 1. The van der Waals surface area contributed by atoms with Gasteiger partial charge in [-0.2, -0.15) is 0 Å². The molecule has 6 heteroatoms. The van der Waals surface area contributed by atoms with E-state index in [4.69, 9.17) is 0 Å². The predicted octanol–water partition coefficient (Wildman–Crippen LogP) is 3.75. The molecule has 0 saturated carbocycles. The van der Waals surface area contributed by atoms with Gasteiger partial charge in [0.15, 0.2) is 0 Å². The van der Waals surface area contributed by atoms with Crippen LogP contribution in [0.2, 0.25) is 0 Å². The summed E-state index contributed by atoms with van der Waals surface area (Å²) in [4.78, 5) is 4.46. The molecule has 1 aromatic carbocycles. The highest BCUT2D eigenvalue weighted by atomic mass is 79.9. The number of hydrogen-bond acceptors (Lipinski definition) is 3. The molecule has 0 fully saturated rings. The number of sulfonamides is 1. The maximum atomic E-state index is 12.6. The molecule has 2 aromatic rings. The van der Waals surface area contributed by atoms with Gasteiger partial charge < -0.3 is 0 Å². The van der Waals surface area contributed by atoms with Gasteiger partial charge in [-0.05, 0) is 48.2 Å². The number of nitrogens with one attached hydrogen (secondary N) is 1. The Bertz CT molecular complexity index is 759. The van der Waals surface area contributed by atoms with E-state index in [0.29, 0.717) is 10.6 Å². The summed E-state index contributed by atoms with van der Waals surface area (Å²) >= 11 is 3.47. The number of benzene rings is 1. The van der Waals surface area contributed by atoms with E-state index >= 15 is 0 Å². The van der Waals surface area contributed by atoms with Crippen LogP contribution in [0, 0.1) is 6.92 Å². The molecule has 1 aromatic heterocycles. The molecule has 2 rings (SSSR count). The summed E-state index contributed by atoms with van der Waals surface area (Å²) in [7, 11) is -3.58. The summed E-state index contributed by atoms with van der Waals surface area (Å²) in [5.41, 5.74) is 2.37. The summed E-state index contributed by atoms with van der Waals surface area (Å²) < 4.78 is 28.8. The number of hydrogen-bond donors (Lipinski definition) is 1. The molecule has 1 N–H and O–H groups in total. The van der Waals surface area contributed by atoms with Crippen molar-refractivity contribution >= 4 is 26.0 Å². The van der Waals surface area contributed by atoms with Crippen molar-refractivity contribution < 1.29 is 8.42 Å². The van der Waals surface area contributed by atoms with Crippen molar-refractivity contribution in [1.29, 1.82) is 0 Å². The average Bonchev–Trinajstić information content (AvgIpc) is 2.48. The van der Waals surface area contributed by atoms with Crippen LogP contribution in [-0.4, -0.2) is 13.4 Å². The summed E-state index contributed by atoms with van der Waals surface area (Å²) in [5, 5.41) is 0. The molecule has 0 saturated heterocycles. The van der Waals surface area contributed by atoms with Crippen LogP contribution in [0.3, 0.4) is 0 Å². The maximum Gasteiger partial charge on any atom is 0.241 e. The first-order valence-corrected chi connectivity index (χ1v) is 9.28. The Kier molecular flexibility index (Phi) is 5.36. The van der Waals surface area contributed by atoms with E-state index in [1.165, 1.54) is 0 Å². The van der Waals surface area contributed by atoms with Crippen molar-refractivity contribution in [3.8, 4) is 0 Å². The van der Waals surface area contributed by atoms with Crippen molar-refractivity contribution in [3.05, 3.63) is 57.8 Å². The van der Waals surface area contributed by atoms with Gasteiger partial charge >= 0.3 is 0 Å². The zero-order valence-corrected chi connectivity index (χ0v) is 15.2. The molecule has 0 aliphatic rings. The van der Waals surface area contributed by atoms with Crippen LogP contribution < -0.4 is 4.72 Å². The fourth-order valence-electron chi connectivity index (χ4n) is 2.10. The number of rotatable bonds is 5. The Morgan fingerprint density at radius 2 is 2.00 bits per heavy atom. The number of halogens is 1. The van der Waals surface area contributed by atoms with Crippen LogP contribution in [0.5, 0.6) is 0 Å². The van der Waals surface area contributed by atoms with E-state index in [1.807, 2.05) is 32.9 Å². The quantitative estimate of drug-likeness (QED) is 0.856. The minimum absolute atomic E-state index is 0.110. The zero-order valence-electron chi connectivity index (χ0n) is 12.8. The molecule has 1 heterocycles. The maximum absolute atomic E-state index is 12.6. The monoisotopic (exact) mass is 382 g/mol. The molecule has 0 atom stereocenters. The zero-order chi connectivity index (χ0) is 16.3. The first-order chi connectivity index (χ1) is 10.3. The summed E-state index contributed by atoms with van der Waals surface area (Å²) in [6.45, 7) is 6.02. The molecule has 0 aliphatic carbocycles. The lowest BCUT2D eigenvalue weighted by atomic mass is 10.0. The van der Waals surface area contributed by atoms with Crippen molar-refractivity contribution in [2.75, 3.05) is 0 Å². The molecular weight excluding hydrogens is 364 g/mol. The Morgan fingerprint density at radius 1 is 1.27 bits per heavy atom. The number of nitrogens with zero attached hydrogens (tertiary/aromatic N) is 1. The van der Waals surface area contributed by atoms with Crippen molar-refractivity contribution in [1.82, 2.24) is 9.71 Å². The van der Waals surface area contributed by atoms with Crippen LogP contribution in [0.1, 0.15) is 36.6 Å². The van der Waals surface area contributed by atoms with E-state index in [1.54, 1.807) is 24.4 Å². The summed E-state index contributed by atoms with van der Waals surface area (Å²) in [6, 6.07) is 9.01. The summed E-state index contributed by atoms with van der Waals surface area (Å²) in [5.74, 6) is 0.110. The Hall–Kier alpha value is -1.24. The fourth-order valence-corrected chi connectivity index (χ4v) is 3.90. The van der Waals surface area contributed by atoms with Gasteiger partial charge in [0.1, 0.15) is 0 Å². The van der Waals surface area contributed by atoms with E-state index in [0.717, 1.165) is 15.6 Å². The lowest BCUT2D eigenvalue weighted by molar-refractivity contribution is 0.578. The highest BCUT2D eigenvalue weighted by Crippen LogP contribution is 2.29. The highest BCUT2D eigenvalue weighted by molar-refractivity contribution is 9.10. The minimum Gasteiger partial charge on any atom is -0.260 e. The molecule has 0 spiro atoms. The van der Waals surface area contributed by atoms with Gasteiger partial charge in [-0.15, -0.1) is 0 Å². The van der Waals surface area contributed by atoms with Gasteiger partial charge in [0.25, 0.3) is 0 Å². The van der Waals surface area contributed by atoms with Gasteiger partial charge in [-0.25, -0.2) is 13.1 Å². The van der Waals surface area contributed by atoms with Crippen LogP contribution >= 0.6 is 15.9 Å². The highest BCUT2D eigenvalue weighted by Gasteiger charge is 2.21. The van der Waals surface area contributed by atoms with Crippen LogP contribution in [0.4, 0.5) is 0 Å². The smallest absolute Gasteiger partial charge is 0.241 e. The molecule has 22 heavy (non-hydrogen) atoms. The van der Waals surface area contributed by atoms with Crippen molar-refractivity contribution in [3.63, 3.8) is 0 Å². The van der Waals surface area contributed by atoms with Gasteiger partial charge in [-0.3, -0.25) is 4.98 Å². The lowest BCUT2D eigenvalue weighted by Gasteiger charge is -2.16. The average molecular weight is 383 g/mol. The first-order valence-electron chi connectivity index (χ1n) is 7.01. The molecule has 0 radical (unpaired) electrons. The lowest BCUT2D eigenvalue weighted by Crippen LogP contribution is -2.25. The van der Waals surface area contributed by atoms with Crippen molar-refractivity contribution in [2.45, 2.75) is 38.1 Å². The summed E-state index contributed by atoms with van der Waals surface area (Å²) in [6.07, 6.45) is 1.65. The molecule has 0 bridgehead atoms. The fraction of sp³-hybridized carbons (Fsp3) is 0.312. The van der Waals surface area contributed by atoms with E-state index in [-0.39, 0.29) is 12.5 Å². The van der Waals surface area contributed by atoms with Crippen LogP contribution in [-0.2, 0) is 16.6 Å². The van der Waals surface area contributed by atoms with Gasteiger partial charge in [-0.1, -0.05) is 35.8 Å². The molecule has 4 nitrogen and oxygen atoms in total.